The highest BCUT2D eigenvalue weighted by Crippen LogP contribution is 2.34. The number of hydrogen-bond donors (Lipinski definition) is 2. The largest absolute Gasteiger partial charge is 0.379 e. The highest BCUT2D eigenvalue weighted by Gasteiger charge is 2.27. The number of anilines is 1. The Labute approximate surface area is 184 Å². The predicted molar refractivity (Wildman–Crippen MR) is 118 cm³/mol. The van der Waals surface area contributed by atoms with E-state index in [0.29, 0.717) is 17.6 Å². The topological polar surface area (TPSA) is 96.3 Å². The maximum Gasteiger partial charge on any atom is 0.191 e. The number of fused-ring (bicyclic) bond motifs is 2. The van der Waals surface area contributed by atoms with Gasteiger partial charge in [-0.2, -0.15) is 5.10 Å². The zero-order chi connectivity index (χ0) is 21.5. The predicted octanol–water partition coefficient (Wildman–Crippen LogP) is 2.86. The average molecular weight is 436 g/mol. The summed E-state index contributed by atoms with van der Waals surface area (Å²) in [7, 11) is 0. The van der Waals surface area contributed by atoms with Gasteiger partial charge in [0.15, 0.2) is 11.5 Å². The van der Waals surface area contributed by atoms with Gasteiger partial charge in [-0.1, -0.05) is 0 Å². The van der Waals surface area contributed by atoms with Crippen LogP contribution in [0.4, 0.5) is 10.2 Å². The Morgan fingerprint density at radius 1 is 1.06 bits per heavy atom. The third kappa shape index (κ3) is 3.49. The van der Waals surface area contributed by atoms with Gasteiger partial charge in [0.05, 0.1) is 18.6 Å². The fourth-order valence-corrected chi connectivity index (χ4v) is 5.05. The van der Waals surface area contributed by atoms with Crippen LogP contribution in [0.3, 0.4) is 0 Å². The van der Waals surface area contributed by atoms with E-state index in [1.807, 2.05) is 6.20 Å². The normalized spacial score (nSPS) is 22.5. The van der Waals surface area contributed by atoms with Gasteiger partial charge in [-0.3, -0.25) is 4.90 Å². The summed E-state index contributed by atoms with van der Waals surface area (Å²) in [5.74, 6) is 0.363. The van der Waals surface area contributed by atoms with Crippen molar-refractivity contribution in [3.63, 3.8) is 0 Å². The average Bonchev–Trinajstić information content (AvgIpc) is 3.48. The van der Waals surface area contributed by atoms with Gasteiger partial charge < -0.3 is 15.0 Å². The van der Waals surface area contributed by atoms with Crippen molar-refractivity contribution in [2.75, 3.05) is 31.6 Å². The van der Waals surface area contributed by atoms with E-state index in [4.69, 9.17) is 4.74 Å². The SMILES string of the molecule is Fc1cc(-c2c[nH]c3ncnc(NC4CCC(N5CCOCC5)CC4)c23)cn2ncnc12. The van der Waals surface area contributed by atoms with Crippen LogP contribution in [0.15, 0.2) is 31.1 Å². The summed E-state index contributed by atoms with van der Waals surface area (Å²) in [5, 5.41) is 8.60. The summed E-state index contributed by atoms with van der Waals surface area (Å²) in [6, 6.07) is 2.47. The Balaban J connectivity index is 1.26. The van der Waals surface area contributed by atoms with Crippen LogP contribution in [0.5, 0.6) is 0 Å². The van der Waals surface area contributed by atoms with Gasteiger partial charge in [0.2, 0.25) is 0 Å². The Hall–Kier alpha value is -3.11. The summed E-state index contributed by atoms with van der Waals surface area (Å²) in [6.07, 6.45) is 11.0. The minimum atomic E-state index is -0.415. The van der Waals surface area contributed by atoms with Crippen LogP contribution in [0, 0.1) is 5.82 Å². The van der Waals surface area contributed by atoms with Crippen LogP contribution in [0.2, 0.25) is 0 Å². The van der Waals surface area contributed by atoms with Gasteiger partial charge in [0, 0.05) is 48.7 Å². The molecule has 0 radical (unpaired) electrons. The lowest BCUT2D eigenvalue weighted by molar-refractivity contribution is 0.00791. The molecule has 9 nitrogen and oxygen atoms in total. The molecule has 2 aliphatic rings. The summed E-state index contributed by atoms with van der Waals surface area (Å²) < 4.78 is 21.5. The van der Waals surface area contributed by atoms with E-state index in [2.05, 4.69) is 35.3 Å². The van der Waals surface area contributed by atoms with E-state index in [-0.39, 0.29) is 5.65 Å². The third-order valence-electron chi connectivity index (χ3n) is 6.71. The molecule has 0 amide bonds. The zero-order valence-electron chi connectivity index (χ0n) is 17.7. The highest BCUT2D eigenvalue weighted by atomic mass is 19.1. The Kier molecular flexibility index (Phi) is 4.95. The summed E-state index contributed by atoms with van der Waals surface area (Å²) in [6.45, 7) is 3.76. The summed E-state index contributed by atoms with van der Waals surface area (Å²) in [4.78, 5) is 18.6. The first-order valence-electron chi connectivity index (χ1n) is 11.2. The van der Waals surface area contributed by atoms with Gasteiger partial charge >= 0.3 is 0 Å². The lowest BCUT2D eigenvalue weighted by atomic mass is 9.90. The van der Waals surface area contributed by atoms with Gasteiger partial charge in [-0.05, 0) is 31.7 Å². The number of H-pyrrole nitrogens is 1. The van der Waals surface area contributed by atoms with E-state index >= 15 is 0 Å². The van der Waals surface area contributed by atoms with Crippen LogP contribution >= 0.6 is 0 Å². The molecule has 1 saturated carbocycles. The molecule has 0 spiro atoms. The number of nitrogens with one attached hydrogen (secondary N) is 2. The summed E-state index contributed by atoms with van der Waals surface area (Å²) in [5.41, 5.74) is 2.46. The van der Waals surface area contributed by atoms with Crippen molar-refractivity contribution in [1.82, 2.24) is 34.4 Å². The van der Waals surface area contributed by atoms with Crippen LogP contribution in [0.1, 0.15) is 25.7 Å². The molecule has 32 heavy (non-hydrogen) atoms. The standard InChI is InChI=1S/C22H25FN8O/c23-18-9-14(11-31-22(18)27-13-28-31)17-10-24-20-19(17)21(26-12-25-20)29-15-1-3-16(4-2-15)30-5-7-32-8-6-30/h9-13,15-16H,1-8H2,(H2,24,25,26,29). The molecule has 10 heteroatoms. The molecule has 6 rings (SSSR count). The molecule has 0 atom stereocenters. The van der Waals surface area contributed by atoms with Gasteiger partial charge in [-0.15, -0.1) is 0 Å². The smallest absolute Gasteiger partial charge is 0.191 e. The van der Waals surface area contributed by atoms with E-state index in [0.717, 1.165) is 61.6 Å². The minimum absolute atomic E-state index is 0.209. The van der Waals surface area contributed by atoms with Crippen molar-refractivity contribution in [3.05, 3.63) is 36.9 Å². The van der Waals surface area contributed by atoms with Crippen molar-refractivity contribution < 1.29 is 9.13 Å². The first kappa shape index (κ1) is 19.6. The van der Waals surface area contributed by atoms with E-state index < -0.39 is 5.82 Å². The maximum absolute atomic E-state index is 14.5. The third-order valence-corrected chi connectivity index (χ3v) is 6.71. The number of hydrogen-bond acceptors (Lipinski definition) is 7. The minimum Gasteiger partial charge on any atom is -0.379 e. The molecule has 166 valence electrons. The number of aromatic nitrogens is 6. The van der Waals surface area contributed by atoms with E-state index in [1.165, 1.54) is 29.8 Å². The molecule has 2 N–H and O–H groups in total. The highest BCUT2D eigenvalue weighted by molar-refractivity contribution is 6.00. The molecule has 1 saturated heterocycles. The van der Waals surface area contributed by atoms with Crippen molar-refractivity contribution in [2.24, 2.45) is 0 Å². The second-order valence-corrected chi connectivity index (χ2v) is 8.55. The maximum atomic E-state index is 14.5. The Bertz CT molecular complexity index is 1240. The second-order valence-electron chi connectivity index (χ2n) is 8.55. The molecule has 4 aromatic heterocycles. The molecule has 0 bridgehead atoms. The fourth-order valence-electron chi connectivity index (χ4n) is 5.05. The molecule has 0 unspecified atom stereocenters. The first-order chi connectivity index (χ1) is 15.8. The van der Waals surface area contributed by atoms with Crippen LogP contribution < -0.4 is 5.32 Å². The number of rotatable bonds is 4. The zero-order valence-corrected chi connectivity index (χ0v) is 17.7. The Morgan fingerprint density at radius 3 is 2.75 bits per heavy atom. The quantitative estimate of drug-likeness (QED) is 0.508. The van der Waals surface area contributed by atoms with E-state index in [9.17, 15) is 4.39 Å². The molecule has 2 fully saturated rings. The molecule has 0 aromatic carbocycles. The number of halogens is 1. The lowest BCUT2D eigenvalue weighted by Gasteiger charge is -2.39. The van der Waals surface area contributed by atoms with Crippen molar-refractivity contribution in [2.45, 2.75) is 37.8 Å². The Morgan fingerprint density at radius 2 is 1.91 bits per heavy atom. The van der Waals surface area contributed by atoms with Gasteiger partial charge in [0.25, 0.3) is 0 Å². The monoisotopic (exact) mass is 436 g/mol. The molecule has 1 aliphatic carbocycles. The van der Waals surface area contributed by atoms with Crippen LogP contribution in [0.25, 0.3) is 27.8 Å². The van der Waals surface area contributed by atoms with Gasteiger partial charge in [-0.25, -0.2) is 23.9 Å². The molecular formula is C22H25FN8O. The van der Waals surface area contributed by atoms with Gasteiger partial charge in [0.1, 0.15) is 24.1 Å². The molecule has 1 aliphatic heterocycles. The van der Waals surface area contributed by atoms with Crippen molar-refractivity contribution in [3.8, 4) is 11.1 Å². The number of aromatic amines is 1. The number of nitrogens with zero attached hydrogens (tertiary/aromatic N) is 6. The molecule has 4 aromatic rings. The number of pyridine rings is 1. The van der Waals surface area contributed by atoms with E-state index in [1.54, 1.807) is 12.5 Å². The number of morpholine rings is 1. The van der Waals surface area contributed by atoms with Crippen LogP contribution in [-0.2, 0) is 4.74 Å². The lowest BCUT2D eigenvalue weighted by Crippen LogP contribution is -2.46. The number of ether oxygens (including phenoxy) is 1. The second kappa shape index (κ2) is 8.10. The molecule has 5 heterocycles. The van der Waals surface area contributed by atoms with Crippen molar-refractivity contribution >= 4 is 22.5 Å². The van der Waals surface area contributed by atoms with Crippen molar-refractivity contribution in [1.29, 1.82) is 0 Å². The summed E-state index contributed by atoms with van der Waals surface area (Å²) >= 11 is 0. The fraction of sp³-hybridized carbons (Fsp3) is 0.455. The van der Waals surface area contributed by atoms with Crippen LogP contribution in [-0.4, -0.2) is 72.8 Å². The first-order valence-corrected chi connectivity index (χ1v) is 11.2. The molecular weight excluding hydrogens is 411 g/mol.